The lowest BCUT2D eigenvalue weighted by molar-refractivity contribution is -0.144. The Morgan fingerprint density at radius 2 is 1.85 bits per heavy atom. The lowest BCUT2D eigenvalue weighted by atomic mass is 9.97. The van der Waals surface area contributed by atoms with E-state index in [1.807, 2.05) is 0 Å². The van der Waals surface area contributed by atoms with E-state index in [2.05, 4.69) is 4.99 Å². The normalized spacial score (nSPS) is 13.0. The SMILES string of the molecule is CCOC(=O)C(C=NC(CO)(CO)CO)C(=O)c1cc(I)cc(F)c1F. The Morgan fingerprint density at radius 1 is 1.27 bits per heavy atom. The molecule has 0 saturated carbocycles. The van der Waals surface area contributed by atoms with E-state index < -0.39 is 60.2 Å². The highest BCUT2D eigenvalue weighted by molar-refractivity contribution is 14.1. The van der Waals surface area contributed by atoms with Gasteiger partial charge in [-0.05, 0) is 41.6 Å². The van der Waals surface area contributed by atoms with Gasteiger partial charge in [0.25, 0.3) is 0 Å². The summed E-state index contributed by atoms with van der Waals surface area (Å²) in [5.74, 6) is -6.59. The van der Waals surface area contributed by atoms with Crippen molar-refractivity contribution < 1.29 is 38.4 Å². The fourth-order valence-electron chi connectivity index (χ4n) is 1.88. The Labute approximate surface area is 161 Å². The minimum absolute atomic E-state index is 0.0786. The van der Waals surface area contributed by atoms with Crippen molar-refractivity contribution in [2.24, 2.45) is 10.9 Å². The monoisotopic (exact) mass is 485 g/mol. The van der Waals surface area contributed by atoms with Crippen LogP contribution >= 0.6 is 22.6 Å². The van der Waals surface area contributed by atoms with E-state index >= 15 is 0 Å². The molecule has 0 fully saturated rings. The highest BCUT2D eigenvalue weighted by Crippen LogP contribution is 2.21. The number of ketones is 1. The molecule has 0 spiro atoms. The van der Waals surface area contributed by atoms with E-state index in [-0.39, 0.29) is 10.2 Å². The van der Waals surface area contributed by atoms with Crippen LogP contribution in [0.25, 0.3) is 0 Å². The molecule has 0 amide bonds. The molecular formula is C16H18F2INO6. The molecule has 144 valence electrons. The molecule has 10 heteroatoms. The third kappa shape index (κ3) is 5.25. The molecule has 0 aromatic heterocycles. The maximum Gasteiger partial charge on any atom is 0.322 e. The number of ether oxygens (including phenoxy) is 1. The number of rotatable bonds is 9. The number of carbonyl (C=O) groups is 2. The Balaban J connectivity index is 3.35. The predicted octanol–water partition coefficient (Wildman–Crippen LogP) is 0.718. The average Bonchev–Trinajstić information content (AvgIpc) is 2.62. The molecule has 7 nitrogen and oxygen atoms in total. The maximum absolute atomic E-state index is 14.0. The lowest BCUT2D eigenvalue weighted by Crippen LogP contribution is -2.41. The summed E-state index contributed by atoms with van der Waals surface area (Å²) in [5.41, 5.74) is -2.40. The minimum atomic E-state index is -1.74. The van der Waals surface area contributed by atoms with Crippen LogP contribution in [0.4, 0.5) is 8.78 Å². The topological polar surface area (TPSA) is 116 Å². The highest BCUT2D eigenvalue weighted by atomic mass is 127. The van der Waals surface area contributed by atoms with Gasteiger partial charge >= 0.3 is 5.97 Å². The number of Topliss-reactive ketones (excluding diaryl/α,β-unsaturated/α-hetero) is 1. The second kappa shape index (κ2) is 10.00. The molecule has 0 radical (unpaired) electrons. The first-order chi connectivity index (χ1) is 12.2. The fourth-order valence-corrected chi connectivity index (χ4v) is 2.46. The van der Waals surface area contributed by atoms with Crippen molar-refractivity contribution in [3.05, 3.63) is 32.9 Å². The quantitative estimate of drug-likeness (QED) is 0.119. The lowest BCUT2D eigenvalue weighted by Gasteiger charge is -2.23. The van der Waals surface area contributed by atoms with Crippen molar-refractivity contribution in [3.63, 3.8) is 0 Å². The van der Waals surface area contributed by atoms with Crippen molar-refractivity contribution in [1.29, 1.82) is 0 Å². The van der Waals surface area contributed by atoms with Crippen LogP contribution in [0.5, 0.6) is 0 Å². The van der Waals surface area contributed by atoms with Gasteiger partial charge in [-0.2, -0.15) is 0 Å². The number of hydrogen-bond donors (Lipinski definition) is 3. The van der Waals surface area contributed by atoms with Crippen LogP contribution in [0, 0.1) is 21.1 Å². The number of esters is 1. The van der Waals surface area contributed by atoms with Crippen LogP contribution < -0.4 is 0 Å². The second-order valence-corrected chi connectivity index (χ2v) is 6.57. The minimum Gasteiger partial charge on any atom is -0.465 e. The smallest absolute Gasteiger partial charge is 0.322 e. The van der Waals surface area contributed by atoms with Crippen molar-refractivity contribution >= 4 is 40.6 Å². The van der Waals surface area contributed by atoms with Crippen LogP contribution in [-0.2, 0) is 9.53 Å². The average molecular weight is 485 g/mol. The molecule has 1 aromatic rings. The number of carbonyl (C=O) groups excluding carboxylic acids is 2. The van der Waals surface area contributed by atoms with Crippen molar-refractivity contribution in [2.75, 3.05) is 26.4 Å². The number of nitrogens with zero attached hydrogens (tertiary/aromatic N) is 1. The zero-order valence-corrected chi connectivity index (χ0v) is 15.9. The van der Waals surface area contributed by atoms with Crippen LogP contribution in [-0.4, -0.2) is 65.3 Å². The van der Waals surface area contributed by atoms with Crippen LogP contribution in [0.15, 0.2) is 17.1 Å². The zero-order chi connectivity index (χ0) is 19.9. The van der Waals surface area contributed by atoms with Gasteiger partial charge in [-0.15, -0.1) is 0 Å². The van der Waals surface area contributed by atoms with Gasteiger partial charge in [0, 0.05) is 9.78 Å². The van der Waals surface area contributed by atoms with Crippen LogP contribution in [0.1, 0.15) is 17.3 Å². The Bertz CT molecular complexity index is 685. The van der Waals surface area contributed by atoms with Gasteiger partial charge in [-0.3, -0.25) is 14.6 Å². The first-order valence-corrected chi connectivity index (χ1v) is 8.56. The summed E-state index contributed by atoms with van der Waals surface area (Å²) in [6.45, 7) is -0.905. The van der Waals surface area contributed by atoms with E-state index in [0.29, 0.717) is 0 Å². The third-order valence-corrected chi connectivity index (χ3v) is 4.08. The van der Waals surface area contributed by atoms with E-state index in [9.17, 15) is 33.7 Å². The number of benzene rings is 1. The zero-order valence-electron chi connectivity index (χ0n) is 13.8. The van der Waals surface area contributed by atoms with Gasteiger partial charge in [-0.1, -0.05) is 0 Å². The molecule has 3 N–H and O–H groups in total. The van der Waals surface area contributed by atoms with Gasteiger partial charge in [-0.25, -0.2) is 8.78 Å². The Morgan fingerprint density at radius 3 is 2.35 bits per heavy atom. The molecule has 0 bridgehead atoms. The summed E-state index contributed by atoms with van der Waals surface area (Å²) in [7, 11) is 0. The Kier molecular flexibility index (Phi) is 8.67. The number of hydrogen-bond acceptors (Lipinski definition) is 7. The third-order valence-electron chi connectivity index (χ3n) is 3.46. The summed E-state index contributed by atoms with van der Waals surface area (Å²) in [4.78, 5) is 28.4. The first kappa shape index (κ1) is 22.5. The molecule has 1 atom stereocenters. The number of aliphatic hydroxyl groups is 3. The predicted molar refractivity (Wildman–Crippen MR) is 96.0 cm³/mol. The molecular weight excluding hydrogens is 467 g/mol. The summed E-state index contributed by atoms with van der Waals surface area (Å²) in [5, 5.41) is 27.8. The molecule has 1 aromatic carbocycles. The van der Waals surface area contributed by atoms with Gasteiger partial charge in [0.1, 0.15) is 5.54 Å². The van der Waals surface area contributed by atoms with Crippen molar-refractivity contribution in [3.8, 4) is 0 Å². The number of aliphatic imine (C=N–C) groups is 1. The van der Waals surface area contributed by atoms with Gasteiger partial charge < -0.3 is 20.1 Å². The summed E-state index contributed by atoms with van der Waals surface area (Å²) < 4.78 is 32.6. The highest BCUT2D eigenvalue weighted by Gasteiger charge is 2.33. The molecule has 0 saturated heterocycles. The molecule has 26 heavy (non-hydrogen) atoms. The Hall–Kier alpha value is -1.50. The van der Waals surface area contributed by atoms with E-state index in [4.69, 9.17) is 4.74 Å². The molecule has 1 unspecified atom stereocenters. The molecule has 1 rings (SSSR count). The fraction of sp³-hybridized carbons (Fsp3) is 0.438. The molecule has 0 aliphatic carbocycles. The number of halogens is 3. The number of aliphatic hydroxyl groups excluding tert-OH is 3. The van der Waals surface area contributed by atoms with E-state index in [0.717, 1.165) is 18.3 Å². The van der Waals surface area contributed by atoms with Gasteiger partial charge in [0.15, 0.2) is 23.3 Å². The first-order valence-electron chi connectivity index (χ1n) is 7.48. The summed E-state index contributed by atoms with van der Waals surface area (Å²) in [6.07, 6.45) is 0.750. The maximum atomic E-state index is 14.0. The summed E-state index contributed by atoms with van der Waals surface area (Å²) in [6, 6.07) is 1.95. The van der Waals surface area contributed by atoms with E-state index in [1.165, 1.54) is 6.92 Å². The largest absolute Gasteiger partial charge is 0.465 e. The van der Waals surface area contributed by atoms with Crippen LogP contribution in [0.3, 0.4) is 0 Å². The van der Waals surface area contributed by atoms with E-state index in [1.54, 1.807) is 22.6 Å². The standard InChI is InChI=1S/C16H18F2INO6/c1-2-26-15(25)11(5-20-16(6-21,7-22)8-23)14(24)10-3-9(19)4-12(17)13(10)18/h3-5,11,21-23H,2,6-8H2,1H3. The molecule has 0 aliphatic heterocycles. The summed E-state index contributed by atoms with van der Waals surface area (Å²) >= 11 is 1.68. The molecule has 0 aliphatic rings. The van der Waals surface area contributed by atoms with Crippen molar-refractivity contribution in [2.45, 2.75) is 12.5 Å². The van der Waals surface area contributed by atoms with Crippen LogP contribution in [0.2, 0.25) is 0 Å². The van der Waals surface area contributed by atoms with Gasteiger partial charge in [0.05, 0.1) is 32.0 Å². The molecule has 0 heterocycles. The van der Waals surface area contributed by atoms with Gasteiger partial charge in [0.2, 0.25) is 0 Å². The van der Waals surface area contributed by atoms with Crippen molar-refractivity contribution in [1.82, 2.24) is 0 Å². The second-order valence-electron chi connectivity index (χ2n) is 5.32.